The number of benzene rings is 2. The molecule has 6 heteroatoms. The van der Waals surface area contributed by atoms with Crippen LogP contribution in [0.3, 0.4) is 0 Å². The normalized spacial score (nSPS) is 21.3. The monoisotopic (exact) mass is 366 g/mol. The number of nitrogens with zero attached hydrogens (tertiary/aromatic N) is 1. The fourth-order valence-corrected chi connectivity index (χ4v) is 4.36. The van der Waals surface area contributed by atoms with Crippen molar-refractivity contribution in [1.82, 2.24) is 5.48 Å². The highest BCUT2D eigenvalue weighted by atomic mass is 16.5. The number of rotatable bonds is 3. The van der Waals surface area contributed by atoms with Gasteiger partial charge in [-0.1, -0.05) is 18.2 Å². The zero-order chi connectivity index (χ0) is 19.0. The highest BCUT2D eigenvalue weighted by Crippen LogP contribution is 2.46. The van der Waals surface area contributed by atoms with E-state index in [-0.39, 0.29) is 5.91 Å². The van der Waals surface area contributed by atoms with Crippen LogP contribution >= 0.6 is 0 Å². The van der Waals surface area contributed by atoms with Gasteiger partial charge in [-0.3, -0.25) is 14.8 Å². The molecule has 1 aliphatic carbocycles. The van der Waals surface area contributed by atoms with Gasteiger partial charge in [0, 0.05) is 12.1 Å². The van der Waals surface area contributed by atoms with Crippen LogP contribution in [0.1, 0.15) is 34.3 Å². The summed E-state index contributed by atoms with van der Waals surface area (Å²) in [5, 5.41) is 8.81. The van der Waals surface area contributed by atoms with E-state index in [4.69, 9.17) is 9.94 Å². The first kappa shape index (κ1) is 17.5. The fraction of sp³-hybridized carbons (Fsp3) is 0.333. The molecule has 0 aromatic heterocycles. The van der Waals surface area contributed by atoms with Gasteiger partial charge in [0.2, 0.25) is 5.91 Å². The number of fused-ring (bicyclic) bond motifs is 1. The molecular formula is C21H22N2O4. The number of ether oxygens (including phenoxy) is 1. The van der Waals surface area contributed by atoms with Crippen LogP contribution in [0.25, 0.3) is 0 Å². The number of nitrogens with one attached hydrogen (secondary N) is 1. The molecule has 0 radical (unpaired) electrons. The van der Waals surface area contributed by atoms with Crippen molar-refractivity contribution in [3.05, 3.63) is 59.2 Å². The molecule has 1 spiro atoms. The van der Waals surface area contributed by atoms with Crippen LogP contribution in [0.2, 0.25) is 0 Å². The van der Waals surface area contributed by atoms with Crippen LogP contribution in [0.4, 0.5) is 5.69 Å². The topological polar surface area (TPSA) is 78.9 Å². The number of hydrogen-bond acceptors (Lipinski definition) is 4. The summed E-state index contributed by atoms with van der Waals surface area (Å²) in [6.07, 6.45) is 2.98. The van der Waals surface area contributed by atoms with Gasteiger partial charge in [0.25, 0.3) is 5.91 Å². The SMILES string of the molecule is COc1ccccc1N1CC[C@@]2(CCc3cc(C(=O)NO)ccc3C2)C1=O. The zero-order valence-corrected chi connectivity index (χ0v) is 15.2. The van der Waals surface area contributed by atoms with Gasteiger partial charge in [-0.05, 0) is 61.1 Å². The third kappa shape index (κ3) is 2.86. The summed E-state index contributed by atoms with van der Waals surface area (Å²) in [4.78, 5) is 26.8. The molecule has 1 aliphatic heterocycles. The first-order valence-corrected chi connectivity index (χ1v) is 9.09. The van der Waals surface area contributed by atoms with E-state index in [9.17, 15) is 9.59 Å². The lowest BCUT2D eigenvalue weighted by atomic mass is 9.70. The van der Waals surface area contributed by atoms with Gasteiger partial charge in [0.15, 0.2) is 0 Å². The molecular weight excluding hydrogens is 344 g/mol. The molecule has 140 valence electrons. The van der Waals surface area contributed by atoms with Gasteiger partial charge in [-0.2, -0.15) is 0 Å². The van der Waals surface area contributed by atoms with E-state index in [2.05, 4.69) is 0 Å². The van der Waals surface area contributed by atoms with Crippen molar-refractivity contribution >= 4 is 17.5 Å². The number of hydrogen-bond donors (Lipinski definition) is 2. The number of anilines is 1. The largest absolute Gasteiger partial charge is 0.495 e. The molecule has 1 atom stereocenters. The second-order valence-corrected chi connectivity index (χ2v) is 7.26. The minimum atomic E-state index is -0.516. The summed E-state index contributed by atoms with van der Waals surface area (Å²) in [5.41, 5.74) is 4.70. The highest BCUT2D eigenvalue weighted by Gasteiger charge is 2.49. The number of amides is 2. The predicted octanol–water partition coefficient (Wildman–Crippen LogP) is 2.73. The molecule has 4 rings (SSSR count). The second kappa shape index (κ2) is 6.70. The van der Waals surface area contributed by atoms with E-state index in [0.717, 1.165) is 36.1 Å². The van der Waals surface area contributed by atoms with Crippen molar-refractivity contribution in [1.29, 1.82) is 0 Å². The van der Waals surface area contributed by atoms with Crippen molar-refractivity contribution < 1.29 is 19.5 Å². The molecule has 2 aromatic rings. The van der Waals surface area contributed by atoms with Gasteiger partial charge < -0.3 is 9.64 Å². The number of methoxy groups -OCH3 is 1. The van der Waals surface area contributed by atoms with Crippen LogP contribution in [-0.4, -0.2) is 30.7 Å². The minimum Gasteiger partial charge on any atom is -0.495 e. The van der Waals surface area contributed by atoms with E-state index in [1.54, 1.807) is 18.7 Å². The van der Waals surface area contributed by atoms with Crippen LogP contribution < -0.4 is 15.1 Å². The average Bonchev–Trinajstić information content (AvgIpc) is 3.02. The van der Waals surface area contributed by atoms with Crippen LogP contribution in [-0.2, 0) is 17.6 Å². The van der Waals surface area contributed by atoms with Crippen LogP contribution in [0.5, 0.6) is 5.75 Å². The Bertz CT molecular complexity index is 911. The number of aryl methyl sites for hydroxylation is 1. The third-order valence-corrected chi connectivity index (χ3v) is 5.86. The first-order valence-electron chi connectivity index (χ1n) is 9.09. The Balaban J connectivity index is 1.61. The van der Waals surface area contributed by atoms with Gasteiger partial charge in [-0.25, -0.2) is 5.48 Å². The molecule has 1 saturated heterocycles. The Morgan fingerprint density at radius 1 is 1.19 bits per heavy atom. The Kier molecular flexibility index (Phi) is 4.36. The van der Waals surface area contributed by atoms with E-state index in [1.165, 1.54) is 0 Å². The van der Waals surface area contributed by atoms with Crippen molar-refractivity contribution in [2.75, 3.05) is 18.6 Å². The molecule has 6 nitrogen and oxygen atoms in total. The van der Waals surface area contributed by atoms with Gasteiger partial charge >= 0.3 is 0 Å². The first-order chi connectivity index (χ1) is 13.1. The van der Waals surface area contributed by atoms with E-state index in [0.29, 0.717) is 24.3 Å². The Hall–Kier alpha value is -2.86. The van der Waals surface area contributed by atoms with Crippen LogP contribution in [0.15, 0.2) is 42.5 Å². The fourth-order valence-electron chi connectivity index (χ4n) is 4.36. The molecule has 2 N–H and O–H groups in total. The molecule has 2 amide bonds. The second-order valence-electron chi connectivity index (χ2n) is 7.26. The van der Waals surface area contributed by atoms with Crippen molar-refractivity contribution in [2.24, 2.45) is 5.41 Å². The summed E-state index contributed by atoms with van der Waals surface area (Å²) < 4.78 is 5.43. The lowest BCUT2D eigenvalue weighted by Crippen LogP contribution is -2.39. The molecule has 2 aromatic carbocycles. The van der Waals surface area contributed by atoms with E-state index < -0.39 is 11.3 Å². The Morgan fingerprint density at radius 2 is 2.00 bits per heavy atom. The predicted molar refractivity (Wildman–Crippen MR) is 100 cm³/mol. The van der Waals surface area contributed by atoms with Gasteiger partial charge in [-0.15, -0.1) is 0 Å². The Morgan fingerprint density at radius 3 is 2.78 bits per heavy atom. The number of carbonyl (C=O) groups excluding carboxylic acids is 2. The quantitative estimate of drug-likeness (QED) is 0.647. The Labute approximate surface area is 157 Å². The lowest BCUT2D eigenvalue weighted by molar-refractivity contribution is -0.126. The molecule has 0 saturated carbocycles. The van der Waals surface area contributed by atoms with Gasteiger partial charge in [0.1, 0.15) is 5.75 Å². The maximum atomic E-state index is 13.4. The summed E-state index contributed by atoms with van der Waals surface area (Å²) in [7, 11) is 1.62. The third-order valence-electron chi connectivity index (χ3n) is 5.86. The molecule has 0 unspecified atom stereocenters. The number of para-hydroxylation sites is 2. The van der Waals surface area contributed by atoms with Crippen molar-refractivity contribution in [3.63, 3.8) is 0 Å². The van der Waals surface area contributed by atoms with E-state index in [1.807, 2.05) is 41.3 Å². The van der Waals surface area contributed by atoms with Crippen molar-refractivity contribution in [3.8, 4) is 5.75 Å². The standard InChI is InChI=1S/C21H22N2O4/c1-27-18-5-3-2-4-17(18)23-11-10-21(20(23)25)9-8-14-12-15(19(24)22-26)6-7-16(14)13-21/h2-7,12,26H,8-11,13H2,1H3,(H,22,24)/t21-/m1/s1. The lowest BCUT2D eigenvalue weighted by Gasteiger charge is -2.33. The summed E-state index contributed by atoms with van der Waals surface area (Å²) in [6, 6.07) is 13.0. The molecule has 0 bridgehead atoms. The molecule has 27 heavy (non-hydrogen) atoms. The smallest absolute Gasteiger partial charge is 0.274 e. The number of carbonyl (C=O) groups is 2. The minimum absolute atomic E-state index is 0.148. The summed E-state index contributed by atoms with van der Waals surface area (Å²) >= 11 is 0. The maximum absolute atomic E-state index is 13.4. The molecule has 1 fully saturated rings. The molecule has 1 heterocycles. The van der Waals surface area contributed by atoms with Crippen LogP contribution in [0, 0.1) is 5.41 Å². The molecule has 2 aliphatic rings. The van der Waals surface area contributed by atoms with Gasteiger partial charge in [0.05, 0.1) is 18.2 Å². The maximum Gasteiger partial charge on any atom is 0.274 e. The summed E-state index contributed by atoms with van der Waals surface area (Å²) in [5.74, 6) is 0.339. The van der Waals surface area contributed by atoms with Crippen molar-refractivity contribution in [2.45, 2.75) is 25.7 Å². The average molecular weight is 366 g/mol. The zero-order valence-electron chi connectivity index (χ0n) is 15.2. The number of hydroxylamine groups is 1. The summed E-state index contributed by atoms with van der Waals surface area (Å²) in [6.45, 7) is 0.680. The highest BCUT2D eigenvalue weighted by molar-refractivity contribution is 6.01. The van der Waals surface area contributed by atoms with E-state index >= 15 is 0 Å².